The molecule has 4 aromatic rings. The van der Waals surface area contributed by atoms with Gasteiger partial charge in [0.05, 0.1) is 11.6 Å². The van der Waals surface area contributed by atoms with Gasteiger partial charge in [0.1, 0.15) is 5.69 Å². The van der Waals surface area contributed by atoms with Crippen molar-refractivity contribution in [3.05, 3.63) is 106 Å². The summed E-state index contributed by atoms with van der Waals surface area (Å²) < 4.78 is 0. The second kappa shape index (κ2) is 9.43. The van der Waals surface area contributed by atoms with Crippen LogP contribution >= 0.6 is 0 Å². The van der Waals surface area contributed by atoms with E-state index in [0.29, 0.717) is 16.3 Å². The summed E-state index contributed by atoms with van der Waals surface area (Å²) in [6, 6.07) is 17.4. The van der Waals surface area contributed by atoms with E-state index in [2.05, 4.69) is 31.0 Å². The molecule has 4 rings (SSSR count). The first-order valence-electron chi connectivity index (χ1n) is 9.69. The van der Waals surface area contributed by atoms with Crippen molar-refractivity contribution < 1.29 is 9.59 Å². The molecule has 0 aliphatic heterocycles. The van der Waals surface area contributed by atoms with Gasteiger partial charge in [0.15, 0.2) is 6.04 Å². The minimum Gasteiger partial charge on any atom is -0.335 e. The molecule has 0 saturated heterocycles. The number of benzene rings is 2. The molecule has 0 aliphatic rings. The largest absolute Gasteiger partial charge is 0.335 e. The van der Waals surface area contributed by atoms with Crippen LogP contribution in [0.4, 0.5) is 0 Å². The number of nitrogens with one attached hydrogen (secondary N) is 3. The van der Waals surface area contributed by atoms with Crippen LogP contribution in [0.3, 0.4) is 0 Å². The summed E-state index contributed by atoms with van der Waals surface area (Å²) in [5.74, 6) is -1.09. The molecule has 0 saturated carbocycles. The molecule has 2 aromatic carbocycles. The van der Waals surface area contributed by atoms with E-state index in [0.717, 1.165) is 5.56 Å². The highest BCUT2D eigenvalue weighted by atomic mass is 16.2. The number of aromatic nitrogens is 3. The van der Waals surface area contributed by atoms with Crippen LogP contribution in [0.25, 0.3) is 10.8 Å². The van der Waals surface area contributed by atoms with E-state index in [4.69, 9.17) is 0 Å². The monoisotopic (exact) mass is 426 g/mol. The normalized spacial score (nSPS) is 11.9. The maximum Gasteiger partial charge on any atom is 0.272 e. The van der Waals surface area contributed by atoms with Crippen LogP contribution in [0.2, 0.25) is 0 Å². The lowest BCUT2D eigenvalue weighted by molar-refractivity contribution is -0.123. The number of carbonyl (C=O) groups is 2. The van der Waals surface area contributed by atoms with Crippen molar-refractivity contribution >= 4 is 28.8 Å². The third kappa shape index (κ3) is 4.57. The summed E-state index contributed by atoms with van der Waals surface area (Å²) >= 11 is 0. The molecule has 32 heavy (non-hydrogen) atoms. The Morgan fingerprint density at radius 1 is 0.938 bits per heavy atom. The van der Waals surface area contributed by atoms with Gasteiger partial charge in [-0.25, -0.2) is 10.5 Å². The lowest BCUT2D eigenvalue weighted by Crippen LogP contribution is -2.40. The molecule has 158 valence electrons. The highest BCUT2D eigenvalue weighted by Crippen LogP contribution is 2.20. The molecule has 0 aliphatic carbocycles. The minimum atomic E-state index is -1.21. The third-order valence-corrected chi connectivity index (χ3v) is 4.67. The standard InChI is InChI=1S/C23H18N6O3/c30-21(16-6-2-1-3-7-16)26-20(23(32)28-25-14-15-10-12-24-13-11-15)19-17-8-4-5-9-18(17)22(31)29-27-19/h1-14,20H,(H,26,30)(H,28,32)(H,29,31)/b25-14-/t20-/m0/s1. The van der Waals surface area contributed by atoms with E-state index in [-0.39, 0.29) is 5.69 Å². The second-order valence-electron chi connectivity index (χ2n) is 6.77. The quantitative estimate of drug-likeness (QED) is 0.321. The summed E-state index contributed by atoms with van der Waals surface area (Å²) in [5, 5.41) is 13.9. The van der Waals surface area contributed by atoms with Crippen LogP contribution in [-0.4, -0.2) is 33.2 Å². The van der Waals surface area contributed by atoms with Gasteiger partial charge >= 0.3 is 0 Å². The molecule has 0 radical (unpaired) electrons. The molecule has 0 unspecified atom stereocenters. The zero-order valence-electron chi connectivity index (χ0n) is 16.7. The molecule has 9 heteroatoms. The van der Waals surface area contributed by atoms with Crippen molar-refractivity contribution in [2.75, 3.05) is 0 Å². The number of hydrazone groups is 1. The fraction of sp³-hybridized carbons (Fsp3) is 0.0435. The van der Waals surface area contributed by atoms with Crippen molar-refractivity contribution in [2.24, 2.45) is 5.10 Å². The third-order valence-electron chi connectivity index (χ3n) is 4.67. The van der Waals surface area contributed by atoms with Crippen LogP contribution in [0.5, 0.6) is 0 Å². The summed E-state index contributed by atoms with van der Waals surface area (Å²) in [6.07, 6.45) is 4.65. The van der Waals surface area contributed by atoms with Gasteiger partial charge in [0.25, 0.3) is 17.4 Å². The van der Waals surface area contributed by atoms with Gasteiger partial charge in [-0.3, -0.25) is 19.4 Å². The summed E-state index contributed by atoms with van der Waals surface area (Å²) in [7, 11) is 0. The molecule has 1 atom stereocenters. The first-order chi connectivity index (χ1) is 15.6. The number of rotatable bonds is 6. The van der Waals surface area contributed by atoms with E-state index in [1.165, 1.54) is 6.21 Å². The Bertz CT molecular complexity index is 1340. The van der Waals surface area contributed by atoms with E-state index in [1.54, 1.807) is 79.1 Å². The molecule has 2 amide bonds. The summed E-state index contributed by atoms with van der Waals surface area (Å²) in [6.45, 7) is 0. The lowest BCUT2D eigenvalue weighted by Gasteiger charge is -2.18. The van der Waals surface area contributed by atoms with Crippen LogP contribution in [0.15, 0.2) is 89.0 Å². The van der Waals surface area contributed by atoms with Gasteiger partial charge in [-0.15, -0.1) is 0 Å². The number of pyridine rings is 1. The van der Waals surface area contributed by atoms with Crippen LogP contribution in [-0.2, 0) is 4.79 Å². The average Bonchev–Trinajstić information content (AvgIpc) is 2.84. The predicted molar refractivity (Wildman–Crippen MR) is 119 cm³/mol. The van der Waals surface area contributed by atoms with Crippen LogP contribution < -0.4 is 16.3 Å². The molecule has 0 spiro atoms. The summed E-state index contributed by atoms with van der Waals surface area (Å²) in [4.78, 5) is 41.9. The van der Waals surface area contributed by atoms with Gasteiger partial charge in [-0.05, 0) is 35.9 Å². The number of fused-ring (bicyclic) bond motifs is 1. The molecule has 2 aromatic heterocycles. The molecular formula is C23H18N6O3. The number of hydrogen-bond donors (Lipinski definition) is 3. The molecule has 9 nitrogen and oxygen atoms in total. The van der Waals surface area contributed by atoms with Crippen molar-refractivity contribution in [1.82, 2.24) is 25.9 Å². The topological polar surface area (TPSA) is 129 Å². The maximum atomic E-state index is 13.0. The van der Waals surface area contributed by atoms with Crippen molar-refractivity contribution in [2.45, 2.75) is 6.04 Å². The minimum absolute atomic E-state index is 0.195. The Labute approximate surface area is 182 Å². The Balaban J connectivity index is 1.68. The highest BCUT2D eigenvalue weighted by molar-refractivity contribution is 5.99. The number of carbonyl (C=O) groups excluding carboxylic acids is 2. The van der Waals surface area contributed by atoms with E-state index >= 15 is 0 Å². The fourth-order valence-electron chi connectivity index (χ4n) is 3.10. The smallest absolute Gasteiger partial charge is 0.272 e. The van der Waals surface area contributed by atoms with Gasteiger partial charge in [-0.2, -0.15) is 10.2 Å². The predicted octanol–water partition coefficient (Wildman–Crippen LogP) is 1.94. The Kier molecular flexibility index (Phi) is 6.08. The Morgan fingerprint density at radius 3 is 2.38 bits per heavy atom. The van der Waals surface area contributed by atoms with Gasteiger partial charge in [-0.1, -0.05) is 36.4 Å². The van der Waals surface area contributed by atoms with Gasteiger partial charge in [0, 0.05) is 23.3 Å². The van der Waals surface area contributed by atoms with Crippen LogP contribution in [0.1, 0.15) is 27.7 Å². The maximum absolute atomic E-state index is 13.0. The number of nitrogens with zero attached hydrogens (tertiary/aromatic N) is 3. The second-order valence-corrected chi connectivity index (χ2v) is 6.77. The van der Waals surface area contributed by atoms with E-state index in [9.17, 15) is 14.4 Å². The summed E-state index contributed by atoms with van der Waals surface area (Å²) in [5.41, 5.74) is 3.34. The number of H-pyrrole nitrogens is 1. The molecular weight excluding hydrogens is 408 g/mol. The molecule has 0 fully saturated rings. The lowest BCUT2D eigenvalue weighted by atomic mass is 10.0. The molecule has 3 N–H and O–H groups in total. The average molecular weight is 426 g/mol. The number of aromatic amines is 1. The molecule has 0 bridgehead atoms. The number of amides is 2. The zero-order chi connectivity index (χ0) is 22.3. The Morgan fingerprint density at radius 2 is 1.62 bits per heavy atom. The van der Waals surface area contributed by atoms with Crippen LogP contribution in [0, 0.1) is 0 Å². The van der Waals surface area contributed by atoms with Crippen molar-refractivity contribution in [3.63, 3.8) is 0 Å². The SMILES string of the molecule is O=C(N[C@H](C(=O)N/N=C\c1ccncc1)c1n[nH]c(=O)c2ccccc12)c1ccccc1. The van der Waals surface area contributed by atoms with Crippen molar-refractivity contribution in [1.29, 1.82) is 0 Å². The van der Waals surface area contributed by atoms with Gasteiger partial charge in [0.2, 0.25) is 0 Å². The van der Waals surface area contributed by atoms with Gasteiger partial charge < -0.3 is 5.32 Å². The first-order valence-corrected chi connectivity index (χ1v) is 9.69. The zero-order valence-corrected chi connectivity index (χ0v) is 16.7. The van der Waals surface area contributed by atoms with E-state index < -0.39 is 23.4 Å². The number of hydrogen-bond acceptors (Lipinski definition) is 6. The highest BCUT2D eigenvalue weighted by Gasteiger charge is 2.27. The van der Waals surface area contributed by atoms with Crippen molar-refractivity contribution in [3.8, 4) is 0 Å². The first kappa shape index (κ1) is 20.6. The fourth-order valence-corrected chi connectivity index (χ4v) is 3.10. The molecule has 2 heterocycles. The van der Waals surface area contributed by atoms with E-state index in [1.807, 2.05) is 0 Å². The Hall–Kier alpha value is -4.66.